The standard InChI is InChI=1S/C17H17ClFN/c1-11-6-9-17(14-5-3-2-4-13(11)14)20-12-7-8-16(19)15(18)10-12/h2-5,7-8,10-11,17,20H,6,9H2,1H3. The topological polar surface area (TPSA) is 12.0 Å². The van der Waals surface area contributed by atoms with Crippen LogP contribution in [0.3, 0.4) is 0 Å². The third kappa shape index (κ3) is 2.53. The second-order valence-corrected chi connectivity index (χ2v) is 5.84. The molecular weight excluding hydrogens is 273 g/mol. The van der Waals surface area contributed by atoms with E-state index in [0.717, 1.165) is 18.5 Å². The van der Waals surface area contributed by atoms with Crippen LogP contribution in [0.1, 0.15) is 42.9 Å². The van der Waals surface area contributed by atoms with Gasteiger partial charge in [0.05, 0.1) is 11.1 Å². The molecule has 0 fully saturated rings. The molecule has 0 spiro atoms. The average Bonchev–Trinajstić information content (AvgIpc) is 2.46. The zero-order valence-corrected chi connectivity index (χ0v) is 12.1. The van der Waals surface area contributed by atoms with Gasteiger partial charge in [-0.05, 0) is 48.1 Å². The lowest BCUT2D eigenvalue weighted by Gasteiger charge is -2.31. The molecule has 20 heavy (non-hydrogen) atoms. The van der Waals surface area contributed by atoms with E-state index in [1.54, 1.807) is 12.1 Å². The first-order valence-electron chi connectivity index (χ1n) is 6.95. The number of rotatable bonds is 2. The molecule has 1 nitrogen and oxygen atoms in total. The van der Waals surface area contributed by atoms with Crippen molar-refractivity contribution in [1.82, 2.24) is 0 Å². The number of fused-ring (bicyclic) bond motifs is 1. The van der Waals surface area contributed by atoms with Gasteiger partial charge < -0.3 is 5.32 Å². The van der Waals surface area contributed by atoms with Gasteiger partial charge in [-0.1, -0.05) is 42.8 Å². The molecule has 1 aliphatic rings. The predicted molar refractivity (Wildman–Crippen MR) is 81.9 cm³/mol. The maximum atomic E-state index is 13.2. The van der Waals surface area contributed by atoms with Gasteiger partial charge in [-0.25, -0.2) is 4.39 Å². The highest BCUT2D eigenvalue weighted by Gasteiger charge is 2.24. The molecular formula is C17H17ClFN. The van der Waals surface area contributed by atoms with Crippen LogP contribution < -0.4 is 5.32 Å². The Morgan fingerprint density at radius 3 is 2.60 bits per heavy atom. The van der Waals surface area contributed by atoms with Crippen molar-refractivity contribution in [3.63, 3.8) is 0 Å². The molecule has 2 unspecified atom stereocenters. The fraction of sp³-hybridized carbons (Fsp3) is 0.294. The van der Waals surface area contributed by atoms with Crippen LogP contribution in [0.2, 0.25) is 5.02 Å². The third-order valence-electron chi connectivity index (χ3n) is 4.05. The van der Waals surface area contributed by atoms with Crippen molar-refractivity contribution in [3.8, 4) is 0 Å². The van der Waals surface area contributed by atoms with E-state index in [9.17, 15) is 4.39 Å². The monoisotopic (exact) mass is 289 g/mol. The fourth-order valence-electron chi connectivity index (χ4n) is 2.94. The van der Waals surface area contributed by atoms with E-state index in [1.807, 2.05) is 0 Å². The largest absolute Gasteiger partial charge is 0.378 e. The van der Waals surface area contributed by atoms with E-state index in [2.05, 4.69) is 36.5 Å². The van der Waals surface area contributed by atoms with Crippen LogP contribution >= 0.6 is 11.6 Å². The van der Waals surface area contributed by atoms with E-state index in [-0.39, 0.29) is 16.9 Å². The zero-order valence-electron chi connectivity index (χ0n) is 11.4. The minimum absolute atomic E-state index is 0.160. The Kier molecular flexibility index (Phi) is 3.66. The number of hydrogen-bond donors (Lipinski definition) is 1. The maximum absolute atomic E-state index is 13.2. The molecule has 0 amide bonds. The van der Waals surface area contributed by atoms with Crippen LogP contribution in [0.4, 0.5) is 10.1 Å². The Morgan fingerprint density at radius 1 is 1.10 bits per heavy atom. The van der Waals surface area contributed by atoms with Crippen molar-refractivity contribution < 1.29 is 4.39 Å². The van der Waals surface area contributed by atoms with Gasteiger partial charge in [-0.2, -0.15) is 0 Å². The quantitative estimate of drug-likeness (QED) is 0.766. The van der Waals surface area contributed by atoms with Gasteiger partial charge in [0.15, 0.2) is 0 Å². The Labute approximate surface area is 123 Å². The van der Waals surface area contributed by atoms with E-state index >= 15 is 0 Å². The summed E-state index contributed by atoms with van der Waals surface area (Å²) in [6, 6.07) is 13.6. The normalized spacial score (nSPS) is 21.4. The van der Waals surface area contributed by atoms with Crippen LogP contribution in [-0.2, 0) is 0 Å². The lowest BCUT2D eigenvalue weighted by molar-refractivity contribution is 0.534. The molecule has 0 saturated heterocycles. The molecule has 104 valence electrons. The maximum Gasteiger partial charge on any atom is 0.141 e. The first-order valence-corrected chi connectivity index (χ1v) is 7.33. The summed E-state index contributed by atoms with van der Waals surface area (Å²) in [5.41, 5.74) is 3.61. The second-order valence-electron chi connectivity index (χ2n) is 5.43. The molecule has 2 aromatic rings. The van der Waals surface area contributed by atoms with Crippen LogP contribution in [0, 0.1) is 5.82 Å². The predicted octanol–water partition coefficient (Wildman–Crippen LogP) is 5.53. The van der Waals surface area contributed by atoms with Crippen molar-refractivity contribution in [2.75, 3.05) is 5.32 Å². The molecule has 1 aliphatic carbocycles. The fourth-order valence-corrected chi connectivity index (χ4v) is 3.12. The van der Waals surface area contributed by atoms with E-state index in [4.69, 9.17) is 11.6 Å². The summed E-state index contributed by atoms with van der Waals surface area (Å²) in [6.45, 7) is 2.27. The molecule has 3 heteroatoms. The van der Waals surface area contributed by atoms with Crippen molar-refractivity contribution >= 4 is 17.3 Å². The molecule has 0 heterocycles. The Balaban J connectivity index is 1.88. The minimum Gasteiger partial charge on any atom is -0.378 e. The number of benzene rings is 2. The lowest BCUT2D eigenvalue weighted by atomic mass is 9.81. The summed E-state index contributed by atoms with van der Waals surface area (Å²) in [5, 5.41) is 3.63. The first kappa shape index (κ1) is 13.4. The van der Waals surface area contributed by atoms with Gasteiger partial charge in [-0.15, -0.1) is 0 Å². The van der Waals surface area contributed by atoms with Gasteiger partial charge in [0.25, 0.3) is 0 Å². The summed E-state index contributed by atoms with van der Waals surface area (Å²) in [7, 11) is 0. The number of anilines is 1. The molecule has 0 aromatic heterocycles. The third-order valence-corrected chi connectivity index (χ3v) is 4.34. The first-order chi connectivity index (χ1) is 9.65. The van der Waals surface area contributed by atoms with E-state index < -0.39 is 0 Å². The van der Waals surface area contributed by atoms with Gasteiger partial charge >= 0.3 is 0 Å². The van der Waals surface area contributed by atoms with Crippen molar-refractivity contribution in [2.45, 2.75) is 31.7 Å². The lowest BCUT2D eigenvalue weighted by Crippen LogP contribution is -2.19. The minimum atomic E-state index is -0.380. The molecule has 0 saturated carbocycles. The average molecular weight is 290 g/mol. The van der Waals surface area contributed by atoms with E-state index in [1.165, 1.54) is 17.2 Å². The Hall–Kier alpha value is -1.54. The SMILES string of the molecule is CC1CCC(Nc2ccc(F)c(Cl)c2)c2ccccc21. The van der Waals surface area contributed by atoms with Gasteiger partial charge in [-0.3, -0.25) is 0 Å². The summed E-state index contributed by atoms with van der Waals surface area (Å²) in [6.07, 6.45) is 2.23. The van der Waals surface area contributed by atoms with Gasteiger partial charge in [0, 0.05) is 5.69 Å². The summed E-state index contributed by atoms with van der Waals surface area (Å²) < 4.78 is 13.2. The highest BCUT2D eigenvalue weighted by atomic mass is 35.5. The van der Waals surface area contributed by atoms with Crippen LogP contribution in [0.25, 0.3) is 0 Å². The highest BCUT2D eigenvalue weighted by Crippen LogP contribution is 2.39. The molecule has 2 aromatic carbocycles. The number of hydrogen-bond acceptors (Lipinski definition) is 1. The molecule has 0 bridgehead atoms. The molecule has 0 aliphatic heterocycles. The molecule has 0 radical (unpaired) electrons. The van der Waals surface area contributed by atoms with Crippen LogP contribution in [0.5, 0.6) is 0 Å². The molecule has 2 atom stereocenters. The summed E-state index contributed by atoms with van der Waals surface area (Å²) in [5.74, 6) is 0.218. The van der Waals surface area contributed by atoms with Gasteiger partial charge in [0.1, 0.15) is 5.82 Å². The molecule has 1 N–H and O–H groups in total. The van der Waals surface area contributed by atoms with Gasteiger partial charge in [0.2, 0.25) is 0 Å². The molecule has 3 rings (SSSR count). The van der Waals surface area contributed by atoms with Crippen LogP contribution in [-0.4, -0.2) is 0 Å². The summed E-state index contributed by atoms with van der Waals surface area (Å²) in [4.78, 5) is 0. The Morgan fingerprint density at radius 2 is 1.85 bits per heavy atom. The van der Waals surface area contributed by atoms with Crippen molar-refractivity contribution in [2.24, 2.45) is 0 Å². The number of nitrogens with one attached hydrogen (secondary N) is 1. The second kappa shape index (κ2) is 5.45. The van der Waals surface area contributed by atoms with Crippen molar-refractivity contribution in [1.29, 1.82) is 0 Å². The van der Waals surface area contributed by atoms with E-state index in [0.29, 0.717) is 5.92 Å². The number of halogens is 2. The van der Waals surface area contributed by atoms with Crippen molar-refractivity contribution in [3.05, 3.63) is 64.4 Å². The highest BCUT2D eigenvalue weighted by molar-refractivity contribution is 6.31. The smallest absolute Gasteiger partial charge is 0.141 e. The zero-order chi connectivity index (χ0) is 14.1. The summed E-state index contributed by atoms with van der Waals surface area (Å²) >= 11 is 5.84. The Bertz CT molecular complexity index is 626. The van der Waals surface area contributed by atoms with Crippen LogP contribution in [0.15, 0.2) is 42.5 Å².